The Labute approximate surface area is 114 Å². The number of H-pyrrole nitrogens is 1. The van der Waals surface area contributed by atoms with Crippen LogP contribution < -0.4 is 16.2 Å². The van der Waals surface area contributed by atoms with E-state index in [1.165, 1.54) is 12.3 Å². The Hall–Kier alpha value is -1.83. The van der Waals surface area contributed by atoms with E-state index in [9.17, 15) is 14.4 Å². The van der Waals surface area contributed by atoms with Gasteiger partial charge in [0.25, 0.3) is 5.56 Å². The van der Waals surface area contributed by atoms with Crippen LogP contribution in [0.15, 0.2) is 22.2 Å². The molecule has 0 bridgehead atoms. The summed E-state index contributed by atoms with van der Waals surface area (Å²) in [5.41, 5.74) is -0.285. The number of rotatable bonds is 5. The second kappa shape index (κ2) is 7.57. The molecule has 1 aromatic rings. The molecule has 0 atom stereocenters. The van der Waals surface area contributed by atoms with Crippen molar-refractivity contribution in [2.45, 2.75) is 19.0 Å². The first-order valence-corrected chi connectivity index (χ1v) is 6.71. The maximum Gasteiger partial charge on any atom is 0.321 e. The van der Waals surface area contributed by atoms with Gasteiger partial charge in [0.1, 0.15) is 0 Å². The fourth-order valence-corrected chi connectivity index (χ4v) is 1.71. The van der Waals surface area contributed by atoms with E-state index >= 15 is 0 Å². The number of nitrogens with zero attached hydrogens (tertiary/aromatic N) is 1. The Bertz CT molecular complexity index is 501. The van der Waals surface area contributed by atoms with Gasteiger partial charge in [-0.2, -0.15) is 0 Å². The molecule has 1 heterocycles. The van der Waals surface area contributed by atoms with Crippen LogP contribution >= 0.6 is 11.8 Å². The molecular formula is C11H16N4O3S. The second-order valence-corrected chi connectivity index (χ2v) is 5.14. The zero-order chi connectivity index (χ0) is 14.3. The minimum absolute atomic E-state index is 0.00204. The van der Waals surface area contributed by atoms with E-state index in [0.717, 1.165) is 11.8 Å². The number of aromatic amines is 1. The SMILES string of the molecule is CC(C)CNC(=O)NC(=O)CSc1nccc(=O)[nH]1. The highest BCUT2D eigenvalue weighted by molar-refractivity contribution is 7.99. The monoisotopic (exact) mass is 284 g/mol. The molecule has 3 N–H and O–H groups in total. The second-order valence-electron chi connectivity index (χ2n) is 4.18. The van der Waals surface area contributed by atoms with Gasteiger partial charge in [0.2, 0.25) is 5.91 Å². The number of carbonyl (C=O) groups excluding carboxylic acids is 2. The van der Waals surface area contributed by atoms with Crippen LogP contribution in [-0.2, 0) is 4.79 Å². The van der Waals surface area contributed by atoms with Crippen molar-refractivity contribution in [2.75, 3.05) is 12.3 Å². The van der Waals surface area contributed by atoms with Crippen LogP contribution in [0.5, 0.6) is 0 Å². The maximum atomic E-state index is 11.4. The molecule has 8 heteroatoms. The third-order valence-corrected chi connectivity index (χ3v) is 2.80. The Morgan fingerprint density at radius 3 is 2.84 bits per heavy atom. The number of hydrogen-bond acceptors (Lipinski definition) is 5. The van der Waals surface area contributed by atoms with Crippen LogP contribution in [-0.4, -0.2) is 34.2 Å². The van der Waals surface area contributed by atoms with E-state index in [1.54, 1.807) is 0 Å². The molecule has 0 aliphatic rings. The molecule has 3 amide bonds. The van der Waals surface area contributed by atoms with Gasteiger partial charge in [-0.15, -0.1) is 0 Å². The number of carbonyl (C=O) groups is 2. The summed E-state index contributed by atoms with van der Waals surface area (Å²) in [5.74, 6) is -0.131. The van der Waals surface area contributed by atoms with E-state index in [2.05, 4.69) is 20.6 Å². The number of amides is 3. The van der Waals surface area contributed by atoms with Crippen LogP contribution in [0.1, 0.15) is 13.8 Å². The third kappa shape index (κ3) is 6.61. The van der Waals surface area contributed by atoms with E-state index in [-0.39, 0.29) is 11.3 Å². The largest absolute Gasteiger partial charge is 0.338 e. The zero-order valence-electron chi connectivity index (χ0n) is 10.7. The van der Waals surface area contributed by atoms with Gasteiger partial charge in [-0.1, -0.05) is 25.6 Å². The number of nitrogens with one attached hydrogen (secondary N) is 3. The van der Waals surface area contributed by atoms with Crippen molar-refractivity contribution in [1.82, 2.24) is 20.6 Å². The quantitative estimate of drug-likeness (QED) is 0.534. The fraction of sp³-hybridized carbons (Fsp3) is 0.455. The molecule has 0 unspecified atom stereocenters. The lowest BCUT2D eigenvalue weighted by molar-refractivity contribution is -0.117. The average molecular weight is 284 g/mol. The summed E-state index contributed by atoms with van der Waals surface area (Å²) in [4.78, 5) is 40.1. The number of thioether (sulfide) groups is 1. The van der Waals surface area contributed by atoms with E-state index in [1.807, 2.05) is 13.8 Å². The summed E-state index contributed by atoms with van der Waals surface area (Å²) in [7, 11) is 0. The molecule has 0 aliphatic carbocycles. The first kappa shape index (κ1) is 15.2. The van der Waals surface area contributed by atoms with Crippen LogP contribution in [0.3, 0.4) is 0 Å². The van der Waals surface area contributed by atoms with Gasteiger partial charge in [-0.3, -0.25) is 14.9 Å². The highest BCUT2D eigenvalue weighted by atomic mass is 32.2. The summed E-state index contributed by atoms with van der Waals surface area (Å²) in [6, 6.07) is 0.762. The standard InChI is InChI=1S/C11H16N4O3S/c1-7(2)5-13-10(18)14-9(17)6-19-11-12-4-3-8(16)15-11/h3-4,7H,5-6H2,1-2H3,(H,12,15,16)(H2,13,14,17,18). The van der Waals surface area contributed by atoms with Gasteiger partial charge in [0.05, 0.1) is 5.75 Å². The van der Waals surface area contributed by atoms with Crippen molar-refractivity contribution in [3.8, 4) is 0 Å². The molecule has 0 spiro atoms. The van der Waals surface area contributed by atoms with Gasteiger partial charge in [-0.05, 0) is 5.92 Å². The predicted octanol–water partition coefficient (Wildman–Crippen LogP) is 0.344. The van der Waals surface area contributed by atoms with Gasteiger partial charge in [0.15, 0.2) is 5.16 Å². The summed E-state index contributed by atoms with van der Waals surface area (Å²) in [6.07, 6.45) is 1.36. The van der Waals surface area contributed by atoms with Crippen molar-refractivity contribution < 1.29 is 9.59 Å². The summed E-state index contributed by atoms with van der Waals surface area (Å²) < 4.78 is 0. The minimum atomic E-state index is -0.520. The van der Waals surface area contributed by atoms with Crippen molar-refractivity contribution in [2.24, 2.45) is 5.92 Å². The van der Waals surface area contributed by atoms with Crippen molar-refractivity contribution >= 4 is 23.7 Å². The number of aromatic nitrogens is 2. The Morgan fingerprint density at radius 1 is 1.47 bits per heavy atom. The molecule has 19 heavy (non-hydrogen) atoms. The van der Waals surface area contributed by atoms with Gasteiger partial charge in [0, 0.05) is 18.8 Å². The highest BCUT2D eigenvalue weighted by Gasteiger charge is 2.09. The molecule has 0 saturated heterocycles. The van der Waals surface area contributed by atoms with Crippen LogP contribution in [0.25, 0.3) is 0 Å². The predicted molar refractivity (Wildman–Crippen MR) is 72.0 cm³/mol. The number of urea groups is 1. The molecule has 0 fully saturated rings. The van der Waals surface area contributed by atoms with Crippen molar-refractivity contribution in [3.63, 3.8) is 0 Å². The lowest BCUT2D eigenvalue weighted by Gasteiger charge is -2.08. The third-order valence-electron chi connectivity index (χ3n) is 1.91. The fourth-order valence-electron chi connectivity index (χ4n) is 1.06. The molecule has 0 aliphatic heterocycles. The summed E-state index contributed by atoms with van der Waals surface area (Å²) in [6.45, 7) is 4.41. The summed E-state index contributed by atoms with van der Waals surface area (Å²) in [5, 5.41) is 5.10. The Kier molecular flexibility index (Phi) is 6.07. The van der Waals surface area contributed by atoms with Crippen molar-refractivity contribution in [3.05, 3.63) is 22.6 Å². The zero-order valence-corrected chi connectivity index (χ0v) is 11.5. The van der Waals surface area contributed by atoms with Crippen LogP contribution in [0.4, 0.5) is 4.79 Å². The van der Waals surface area contributed by atoms with Gasteiger partial charge in [-0.25, -0.2) is 9.78 Å². The van der Waals surface area contributed by atoms with E-state index in [0.29, 0.717) is 17.6 Å². The first-order valence-electron chi connectivity index (χ1n) is 5.73. The van der Waals surface area contributed by atoms with Crippen molar-refractivity contribution in [1.29, 1.82) is 0 Å². The Balaban J connectivity index is 2.32. The topological polar surface area (TPSA) is 104 Å². The highest BCUT2D eigenvalue weighted by Crippen LogP contribution is 2.08. The lowest BCUT2D eigenvalue weighted by atomic mass is 10.2. The molecular weight excluding hydrogens is 268 g/mol. The molecule has 0 aromatic carbocycles. The molecule has 0 radical (unpaired) electrons. The number of imide groups is 1. The molecule has 104 valence electrons. The van der Waals surface area contributed by atoms with Crippen LogP contribution in [0, 0.1) is 5.92 Å². The smallest absolute Gasteiger partial charge is 0.321 e. The average Bonchev–Trinajstić information content (AvgIpc) is 2.34. The normalized spacial score (nSPS) is 10.3. The molecule has 1 aromatic heterocycles. The molecule has 0 saturated carbocycles. The van der Waals surface area contributed by atoms with Gasteiger partial charge >= 0.3 is 6.03 Å². The lowest BCUT2D eigenvalue weighted by Crippen LogP contribution is -2.41. The minimum Gasteiger partial charge on any atom is -0.338 e. The molecule has 1 rings (SSSR count). The molecule has 7 nitrogen and oxygen atoms in total. The Morgan fingerprint density at radius 2 is 2.21 bits per heavy atom. The van der Waals surface area contributed by atoms with Gasteiger partial charge < -0.3 is 10.3 Å². The summed E-state index contributed by atoms with van der Waals surface area (Å²) >= 11 is 1.05. The van der Waals surface area contributed by atoms with E-state index < -0.39 is 11.9 Å². The maximum absolute atomic E-state index is 11.4. The number of hydrogen-bond donors (Lipinski definition) is 3. The first-order chi connectivity index (χ1) is 8.97. The van der Waals surface area contributed by atoms with E-state index in [4.69, 9.17) is 0 Å². The van der Waals surface area contributed by atoms with Crippen LogP contribution in [0.2, 0.25) is 0 Å².